The Balaban J connectivity index is 1.16. The lowest BCUT2D eigenvalue weighted by Gasteiger charge is -2.12. The minimum Gasteiger partial charge on any atom is -0.454 e. The summed E-state index contributed by atoms with van der Waals surface area (Å²) in [6.07, 6.45) is 0. The maximum Gasteiger partial charge on any atom is 0.160 e. The van der Waals surface area contributed by atoms with Gasteiger partial charge in [0.15, 0.2) is 5.58 Å². The van der Waals surface area contributed by atoms with Gasteiger partial charge in [-0.05, 0) is 93.7 Å². The van der Waals surface area contributed by atoms with Crippen molar-refractivity contribution in [2.45, 2.75) is 0 Å². The molecular weight excluding hydrogens is 669 g/mol. The zero-order chi connectivity index (χ0) is 36.0. The van der Waals surface area contributed by atoms with Gasteiger partial charge in [0.25, 0.3) is 0 Å². The highest BCUT2D eigenvalue weighted by atomic mass is 16.3. The van der Waals surface area contributed by atoms with Gasteiger partial charge in [0, 0.05) is 43.7 Å². The smallest absolute Gasteiger partial charge is 0.160 e. The third-order valence-corrected chi connectivity index (χ3v) is 11.5. The van der Waals surface area contributed by atoms with Gasteiger partial charge in [-0.1, -0.05) is 133 Å². The van der Waals surface area contributed by atoms with Crippen LogP contribution in [0.2, 0.25) is 0 Å². The maximum absolute atomic E-state index is 6.83. The predicted molar refractivity (Wildman–Crippen MR) is 231 cm³/mol. The molecule has 12 aromatic rings. The van der Waals surface area contributed by atoms with Crippen LogP contribution in [-0.2, 0) is 0 Å². The van der Waals surface area contributed by atoms with Crippen molar-refractivity contribution in [3.63, 3.8) is 0 Å². The average Bonchev–Trinajstić information content (AvgIpc) is 3.91. The summed E-state index contributed by atoms with van der Waals surface area (Å²) in [5.74, 6) is 0. The molecule has 0 amide bonds. The molecule has 0 aliphatic carbocycles. The van der Waals surface area contributed by atoms with Crippen molar-refractivity contribution < 1.29 is 4.42 Å². The fraction of sp³-hybridized carbons (Fsp3) is 0. The Morgan fingerprint density at radius 2 is 0.964 bits per heavy atom. The molecule has 3 heteroatoms. The Morgan fingerprint density at radius 3 is 1.80 bits per heavy atom. The molecule has 256 valence electrons. The van der Waals surface area contributed by atoms with Gasteiger partial charge in [0.2, 0.25) is 0 Å². The highest BCUT2D eigenvalue weighted by molar-refractivity contribution is 6.26. The number of para-hydroxylation sites is 3. The summed E-state index contributed by atoms with van der Waals surface area (Å²) in [5, 5.41) is 9.55. The second-order valence-corrected chi connectivity index (χ2v) is 14.5. The van der Waals surface area contributed by atoms with E-state index in [4.69, 9.17) is 4.42 Å². The molecule has 0 N–H and O–H groups in total. The molecule has 12 rings (SSSR count). The van der Waals surface area contributed by atoms with Gasteiger partial charge in [-0.15, -0.1) is 0 Å². The van der Waals surface area contributed by atoms with E-state index >= 15 is 0 Å². The lowest BCUT2D eigenvalue weighted by Crippen LogP contribution is -1.95. The third kappa shape index (κ3) is 4.44. The normalized spacial score (nSPS) is 12.0. The van der Waals surface area contributed by atoms with Crippen molar-refractivity contribution in [3.05, 3.63) is 194 Å². The van der Waals surface area contributed by atoms with Crippen LogP contribution in [-0.4, -0.2) is 9.13 Å². The van der Waals surface area contributed by atoms with Crippen LogP contribution in [0.3, 0.4) is 0 Å². The lowest BCUT2D eigenvalue weighted by atomic mass is 9.95. The number of hydrogen-bond acceptors (Lipinski definition) is 1. The van der Waals surface area contributed by atoms with E-state index in [1.165, 1.54) is 65.6 Å². The van der Waals surface area contributed by atoms with E-state index in [9.17, 15) is 0 Å². The van der Waals surface area contributed by atoms with E-state index in [2.05, 4.69) is 203 Å². The molecule has 0 spiro atoms. The molecule has 0 radical (unpaired) electrons. The third-order valence-electron chi connectivity index (χ3n) is 11.5. The second-order valence-electron chi connectivity index (χ2n) is 14.5. The van der Waals surface area contributed by atoms with E-state index in [0.29, 0.717) is 0 Å². The molecule has 3 heterocycles. The monoisotopic (exact) mass is 700 g/mol. The van der Waals surface area contributed by atoms with Gasteiger partial charge in [0.05, 0.1) is 22.1 Å². The van der Waals surface area contributed by atoms with Crippen molar-refractivity contribution in [2.24, 2.45) is 0 Å². The standard InChI is InChI=1S/C52H32N2O/c1-2-12-33(13-3-1)35-22-26-38(27-23-35)54-47-20-10-7-18-42(47)50-43(32-45-41-17-8-11-21-49(41)55-52(45)51(50)54)37-25-29-48-44(31-37)40-16-6-9-19-46(40)53(48)39-28-24-34-14-4-5-15-36(34)30-39/h1-32H. The van der Waals surface area contributed by atoms with Crippen LogP contribution in [0.4, 0.5) is 0 Å². The van der Waals surface area contributed by atoms with Gasteiger partial charge in [-0.2, -0.15) is 0 Å². The largest absolute Gasteiger partial charge is 0.454 e. The van der Waals surface area contributed by atoms with E-state index in [1.807, 2.05) is 0 Å². The molecule has 0 atom stereocenters. The Bertz CT molecular complexity index is 3470. The molecular formula is C52H32N2O. The number of nitrogens with zero attached hydrogens (tertiary/aromatic N) is 2. The van der Waals surface area contributed by atoms with Crippen LogP contribution < -0.4 is 0 Å². The summed E-state index contributed by atoms with van der Waals surface area (Å²) in [6.45, 7) is 0. The van der Waals surface area contributed by atoms with E-state index < -0.39 is 0 Å². The number of furan rings is 1. The molecule has 0 aliphatic heterocycles. The Kier molecular flexibility index (Phi) is 6.34. The van der Waals surface area contributed by atoms with Crippen molar-refractivity contribution in [2.75, 3.05) is 0 Å². The van der Waals surface area contributed by atoms with Crippen molar-refractivity contribution in [1.29, 1.82) is 0 Å². The highest BCUT2D eigenvalue weighted by Crippen LogP contribution is 2.46. The summed E-state index contributed by atoms with van der Waals surface area (Å²) in [5.41, 5.74) is 13.4. The van der Waals surface area contributed by atoms with Crippen LogP contribution >= 0.6 is 0 Å². The van der Waals surface area contributed by atoms with Gasteiger partial charge in [0.1, 0.15) is 5.58 Å². The first-order valence-electron chi connectivity index (χ1n) is 18.8. The number of aromatic nitrogens is 2. The number of rotatable bonds is 4. The molecule has 55 heavy (non-hydrogen) atoms. The summed E-state index contributed by atoms with van der Waals surface area (Å²) in [4.78, 5) is 0. The molecule has 0 saturated carbocycles. The number of hydrogen-bond donors (Lipinski definition) is 0. The average molecular weight is 701 g/mol. The summed E-state index contributed by atoms with van der Waals surface area (Å²) in [7, 11) is 0. The quantitative estimate of drug-likeness (QED) is 0.179. The molecule has 9 aromatic carbocycles. The second kappa shape index (κ2) is 11.6. The number of fused-ring (bicyclic) bond motifs is 11. The van der Waals surface area contributed by atoms with Crippen LogP contribution in [0.5, 0.6) is 0 Å². The van der Waals surface area contributed by atoms with Crippen molar-refractivity contribution in [3.8, 4) is 33.6 Å². The zero-order valence-corrected chi connectivity index (χ0v) is 29.8. The van der Waals surface area contributed by atoms with Crippen LogP contribution in [0, 0.1) is 0 Å². The van der Waals surface area contributed by atoms with Crippen molar-refractivity contribution >= 4 is 76.3 Å². The Hall–Kier alpha value is -7.36. The maximum atomic E-state index is 6.83. The Morgan fingerprint density at radius 1 is 0.345 bits per heavy atom. The first-order valence-corrected chi connectivity index (χ1v) is 18.8. The van der Waals surface area contributed by atoms with Gasteiger partial charge in [-0.3, -0.25) is 0 Å². The van der Waals surface area contributed by atoms with E-state index in [1.54, 1.807) is 0 Å². The Labute approximate surface area is 316 Å². The molecule has 0 aliphatic rings. The van der Waals surface area contributed by atoms with Crippen LogP contribution in [0.15, 0.2) is 199 Å². The summed E-state index contributed by atoms with van der Waals surface area (Å²) < 4.78 is 11.6. The van der Waals surface area contributed by atoms with E-state index in [0.717, 1.165) is 44.3 Å². The fourth-order valence-corrected chi connectivity index (χ4v) is 8.99. The summed E-state index contributed by atoms with van der Waals surface area (Å²) in [6, 6.07) is 70.2. The minimum absolute atomic E-state index is 0.890. The minimum atomic E-state index is 0.890. The van der Waals surface area contributed by atoms with Crippen LogP contribution in [0.25, 0.3) is 110 Å². The zero-order valence-electron chi connectivity index (χ0n) is 29.8. The van der Waals surface area contributed by atoms with Gasteiger partial charge >= 0.3 is 0 Å². The van der Waals surface area contributed by atoms with Crippen LogP contribution in [0.1, 0.15) is 0 Å². The van der Waals surface area contributed by atoms with Crippen molar-refractivity contribution in [1.82, 2.24) is 9.13 Å². The fourth-order valence-electron chi connectivity index (χ4n) is 8.99. The number of benzene rings is 9. The topological polar surface area (TPSA) is 23.0 Å². The van der Waals surface area contributed by atoms with Gasteiger partial charge in [-0.25, -0.2) is 0 Å². The lowest BCUT2D eigenvalue weighted by molar-refractivity contribution is 0.671. The molecule has 0 fully saturated rings. The highest BCUT2D eigenvalue weighted by Gasteiger charge is 2.24. The molecule has 0 saturated heterocycles. The van der Waals surface area contributed by atoms with Gasteiger partial charge < -0.3 is 13.6 Å². The first-order chi connectivity index (χ1) is 27.3. The SMILES string of the molecule is c1ccc(-c2ccc(-n3c4ccccc4c4c(-c5ccc6c(c5)c5ccccc5n6-c5ccc6ccccc6c5)cc5c6ccccc6oc5c43)cc2)cc1. The van der Waals surface area contributed by atoms with E-state index in [-0.39, 0.29) is 0 Å². The molecule has 3 nitrogen and oxygen atoms in total. The summed E-state index contributed by atoms with van der Waals surface area (Å²) >= 11 is 0. The molecule has 0 unspecified atom stereocenters. The molecule has 0 bridgehead atoms. The predicted octanol–water partition coefficient (Wildman–Crippen LogP) is 14.3. The molecule has 3 aromatic heterocycles. The first kappa shape index (κ1) is 30.1.